The van der Waals surface area contributed by atoms with Crippen LogP contribution in [0.3, 0.4) is 0 Å². The highest BCUT2D eigenvalue weighted by atomic mass is 32.1. The van der Waals surface area contributed by atoms with Crippen LogP contribution in [0.5, 0.6) is 0 Å². The maximum absolute atomic E-state index is 12.8. The topological polar surface area (TPSA) is 80.3 Å². The van der Waals surface area contributed by atoms with E-state index in [1.54, 1.807) is 13.1 Å². The van der Waals surface area contributed by atoms with Gasteiger partial charge in [-0.3, -0.25) is 15.1 Å². The van der Waals surface area contributed by atoms with Gasteiger partial charge in [0.1, 0.15) is 5.00 Å². The summed E-state index contributed by atoms with van der Waals surface area (Å²) in [5.74, 6) is -0.567. The Kier molecular flexibility index (Phi) is 6.74. The van der Waals surface area contributed by atoms with Gasteiger partial charge in [-0.25, -0.2) is 4.79 Å². The second-order valence-corrected chi connectivity index (χ2v) is 8.41. The molecule has 0 aliphatic heterocycles. The van der Waals surface area contributed by atoms with Gasteiger partial charge < -0.3 is 10.1 Å². The largest absolute Gasteiger partial charge is 0.462 e. The molecule has 0 saturated carbocycles. The molecule has 2 aromatic heterocycles. The number of aryl methyl sites for hydroxylation is 1. The fourth-order valence-electron chi connectivity index (χ4n) is 3.86. The molecule has 1 atom stereocenters. The van der Waals surface area contributed by atoms with Gasteiger partial charge in [-0.15, -0.1) is 11.3 Å². The van der Waals surface area contributed by atoms with Gasteiger partial charge in [-0.2, -0.15) is 0 Å². The Morgan fingerprint density at radius 2 is 1.94 bits per heavy atom. The molecule has 2 heterocycles. The van der Waals surface area contributed by atoms with Gasteiger partial charge in [0.15, 0.2) is 0 Å². The summed E-state index contributed by atoms with van der Waals surface area (Å²) in [6, 6.07) is 15.4. The lowest BCUT2D eigenvalue weighted by molar-refractivity contribution is -0.115. The first-order chi connectivity index (χ1) is 15.2. The number of ether oxygens (including phenoxy) is 1. The highest BCUT2D eigenvalue weighted by molar-refractivity contribution is 7.17. The van der Waals surface area contributed by atoms with Crippen LogP contribution in [0.2, 0.25) is 0 Å². The molecule has 4 rings (SSSR count). The van der Waals surface area contributed by atoms with Crippen LogP contribution in [0.4, 0.5) is 5.00 Å². The van der Waals surface area contributed by atoms with E-state index >= 15 is 0 Å². The monoisotopic (exact) mass is 435 g/mol. The molecule has 0 spiro atoms. The number of esters is 1. The predicted molar refractivity (Wildman–Crippen MR) is 121 cm³/mol. The Morgan fingerprint density at radius 3 is 2.68 bits per heavy atom. The fourth-order valence-corrected chi connectivity index (χ4v) is 5.16. The molecule has 31 heavy (non-hydrogen) atoms. The Balaban J connectivity index is 1.49. The second kappa shape index (κ2) is 9.85. The maximum Gasteiger partial charge on any atom is 0.341 e. The van der Waals surface area contributed by atoms with Gasteiger partial charge in [0.05, 0.1) is 30.5 Å². The third-order valence-corrected chi connectivity index (χ3v) is 6.44. The average Bonchev–Trinajstić information content (AvgIpc) is 3.36. The van der Waals surface area contributed by atoms with Crippen molar-refractivity contribution < 1.29 is 14.3 Å². The molecule has 1 aliphatic carbocycles. The van der Waals surface area contributed by atoms with Crippen molar-refractivity contribution >= 4 is 28.2 Å². The molecule has 1 aliphatic rings. The standard InChI is InChI=1S/C24H25N3O3S/c1-2-30-24(29)21-17-11-8-13-19(17)31-23(21)27-20(28)15-26-22(16-9-4-3-5-10-16)18-12-6-7-14-25-18/h3-7,9-10,12,14,22,26H,2,8,11,13,15H2,1H3,(H,27,28). The second-order valence-electron chi connectivity index (χ2n) is 7.31. The molecule has 1 amide bonds. The first-order valence-corrected chi connectivity index (χ1v) is 11.3. The molecule has 160 valence electrons. The van der Waals surface area contributed by atoms with Crippen LogP contribution >= 0.6 is 11.3 Å². The number of thiophene rings is 1. The number of carbonyl (C=O) groups excluding carboxylic acids is 2. The van der Waals surface area contributed by atoms with Crippen molar-refractivity contribution in [1.82, 2.24) is 10.3 Å². The normalized spacial score (nSPS) is 13.5. The van der Waals surface area contributed by atoms with E-state index in [1.165, 1.54) is 16.2 Å². The minimum absolute atomic E-state index is 0.0843. The molecule has 0 fully saturated rings. The Labute approximate surface area is 185 Å². The van der Waals surface area contributed by atoms with Crippen LogP contribution in [0.1, 0.15) is 51.4 Å². The summed E-state index contributed by atoms with van der Waals surface area (Å²) in [6.45, 7) is 2.18. The van der Waals surface area contributed by atoms with Gasteiger partial charge in [0.2, 0.25) is 5.91 Å². The van der Waals surface area contributed by atoms with E-state index < -0.39 is 0 Å². The van der Waals surface area contributed by atoms with Gasteiger partial charge >= 0.3 is 5.97 Å². The Bertz CT molecular complexity index is 1010. The predicted octanol–water partition coefficient (Wildman–Crippen LogP) is 4.13. The number of hydrogen-bond acceptors (Lipinski definition) is 6. The maximum atomic E-state index is 12.8. The van der Waals surface area contributed by atoms with Crippen molar-refractivity contribution in [3.8, 4) is 0 Å². The Morgan fingerprint density at radius 1 is 1.13 bits per heavy atom. The number of rotatable bonds is 8. The number of hydrogen-bond donors (Lipinski definition) is 2. The van der Waals surface area contributed by atoms with E-state index in [1.807, 2.05) is 48.5 Å². The first-order valence-electron chi connectivity index (χ1n) is 10.5. The van der Waals surface area contributed by atoms with Gasteiger partial charge in [-0.05, 0) is 49.4 Å². The smallest absolute Gasteiger partial charge is 0.341 e. The number of pyridine rings is 1. The molecular formula is C24H25N3O3S. The zero-order valence-electron chi connectivity index (χ0n) is 17.4. The lowest BCUT2D eigenvalue weighted by Gasteiger charge is -2.18. The van der Waals surface area contributed by atoms with Crippen molar-refractivity contribution in [3.05, 3.63) is 82.0 Å². The summed E-state index contributed by atoms with van der Waals surface area (Å²) in [5, 5.41) is 6.83. The minimum atomic E-state index is -0.360. The zero-order chi connectivity index (χ0) is 21.6. The van der Waals surface area contributed by atoms with Crippen molar-refractivity contribution in [2.45, 2.75) is 32.2 Å². The minimum Gasteiger partial charge on any atom is -0.462 e. The molecule has 0 saturated heterocycles. The molecule has 7 heteroatoms. The summed E-state index contributed by atoms with van der Waals surface area (Å²) < 4.78 is 5.24. The quantitative estimate of drug-likeness (QED) is 0.520. The van der Waals surface area contributed by atoms with E-state index in [2.05, 4.69) is 15.6 Å². The molecule has 3 aromatic rings. The van der Waals surface area contributed by atoms with E-state index in [0.29, 0.717) is 17.2 Å². The molecule has 1 aromatic carbocycles. The Hall–Kier alpha value is -3.03. The summed E-state index contributed by atoms with van der Waals surface area (Å²) in [4.78, 5) is 30.9. The molecule has 6 nitrogen and oxygen atoms in total. The number of nitrogens with one attached hydrogen (secondary N) is 2. The third kappa shape index (κ3) is 4.84. The lowest BCUT2D eigenvalue weighted by atomic mass is 10.0. The van der Waals surface area contributed by atoms with Crippen LogP contribution in [-0.2, 0) is 22.4 Å². The molecule has 0 radical (unpaired) electrons. The zero-order valence-corrected chi connectivity index (χ0v) is 18.2. The highest BCUT2D eigenvalue weighted by Crippen LogP contribution is 2.39. The highest BCUT2D eigenvalue weighted by Gasteiger charge is 2.28. The van der Waals surface area contributed by atoms with Gasteiger partial charge in [-0.1, -0.05) is 36.4 Å². The van der Waals surface area contributed by atoms with Crippen LogP contribution in [0, 0.1) is 0 Å². The molecular weight excluding hydrogens is 410 g/mol. The van der Waals surface area contributed by atoms with Crippen LogP contribution < -0.4 is 10.6 Å². The van der Waals surface area contributed by atoms with Crippen molar-refractivity contribution in [2.24, 2.45) is 0 Å². The lowest BCUT2D eigenvalue weighted by Crippen LogP contribution is -2.32. The van der Waals surface area contributed by atoms with Gasteiger partial charge in [0.25, 0.3) is 0 Å². The number of fused-ring (bicyclic) bond motifs is 1. The summed E-state index contributed by atoms with van der Waals surface area (Å²) in [5.41, 5.74) is 3.42. The number of carbonyl (C=O) groups is 2. The first kappa shape index (κ1) is 21.2. The van der Waals surface area contributed by atoms with Crippen LogP contribution in [-0.4, -0.2) is 30.0 Å². The van der Waals surface area contributed by atoms with Crippen molar-refractivity contribution in [1.29, 1.82) is 0 Å². The third-order valence-electron chi connectivity index (χ3n) is 5.24. The van der Waals surface area contributed by atoms with Gasteiger partial charge in [0, 0.05) is 11.1 Å². The number of amides is 1. The molecule has 1 unspecified atom stereocenters. The molecule has 0 bridgehead atoms. The number of anilines is 1. The number of benzene rings is 1. The van der Waals surface area contributed by atoms with E-state index in [4.69, 9.17) is 4.74 Å². The van der Waals surface area contributed by atoms with Crippen molar-refractivity contribution in [3.63, 3.8) is 0 Å². The average molecular weight is 436 g/mol. The summed E-state index contributed by atoms with van der Waals surface area (Å²) in [7, 11) is 0. The number of aromatic nitrogens is 1. The summed E-state index contributed by atoms with van der Waals surface area (Å²) >= 11 is 1.49. The summed E-state index contributed by atoms with van der Waals surface area (Å²) in [6.07, 6.45) is 4.57. The van der Waals surface area contributed by atoms with E-state index in [9.17, 15) is 9.59 Å². The van der Waals surface area contributed by atoms with Crippen LogP contribution in [0.25, 0.3) is 0 Å². The van der Waals surface area contributed by atoms with E-state index in [0.717, 1.165) is 36.1 Å². The SMILES string of the molecule is CCOC(=O)c1c(NC(=O)CNC(c2ccccc2)c2ccccn2)sc2c1CCC2. The van der Waals surface area contributed by atoms with Crippen molar-refractivity contribution in [2.75, 3.05) is 18.5 Å². The van der Waals surface area contributed by atoms with E-state index in [-0.39, 0.29) is 24.5 Å². The molecule has 2 N–H and O–H groups in total. The van der Waals surface area contributed by atoms with Crippen LogP contribution in [0.15, 0.2) is 54.7 Å². The number of nitrogens with zero attached hydrogens (tertiary/aromatic N) is 1. The fraction of sp³-hybridized carbons (Fsp3) is 0.292.